The van der Waals surface area contributed by atoms with E-state index in [1.54, 1.807) is 12.1 Å². The van der Waals surface area contributed by atoms with Crippen LogP contribution in [0, 0.1) is 5.92 Å². The highest BCUT2D eigenvalue weighted by Crippen LogP contribution is 2.23. The monoisotopic (exact) mass is 433 g/mol. The van der Waals surface area contributed by atoms with Crippen molar-refractivity contribution in [2.45, 2.75) is 50.6 Å². The van der Waals surface area contributed by atoms with Crippen LogP contribution in [0.1, 0.15) is 49.7 Å². The summed E-state index contributed by atoms with van der Waals surface area (Å²) in [4.78, 5) is 15.1. The van der Waals surface area contributed by atoms with Gasteiger partial charge in [-0.1, -0.05) is 6.92 Å². The molecule has 0 saturated carbocycles. The van der Waals surface area contributed by atoms with E-state index in [0.717, 1.165) is 13.1 Å². The minimum absolute atomic E-state index is 0.0712. The number of nitrogens with one attached hydrogen (secondary N) is 2. The molecule has 30 heavy (non-hydrogen) atoms. The van der Waals surface area contributed by atoms with Crippen molar-refractivity contribution in [2.24, 2.45) is 5.92 Å². The van der Waals surface area contributed by atoms with Crippen molar-refractivity contribution in [3.8, 4) is 0 Å². The van der Waals surface area contributed by atoms with E-state index in [-0.39, 0.29) is 22.9 Å². The third-order valence-electron chi connectivity index (χ3n) is 5.64. The van der Waals surface area contributed by atoms with Crippen molar-refractivity contribution < 1.29 is 17.6 Å². The number of carbonyl (C=O) groups is 1. The molecule has 8 heteroatoms. The first-order chi connectivity index (χ1) is 14.2. The molecule has 1 aliphatic heterocycles. The van der Waals surface area contributed by atoms with Gasteiger partial charge in [0.25, 0.3) is 5.91 Å². The molecule has 1 unspecified atom stereocenters. The number of hydrogen-bond acceptors (Lipinski definition) is 5. The van der Waals surface area contributed by atoms with Gasteiger partial charge in [0, 0.05) is 24.2 Å². The van der Waals surface area contributed by atoms with Crippen molar-refractivity contribution in [3.63, 3.8) is 0 Å². The lowest BCUT2D eigenvalue weighted by Crippen LogP contribution is -2.54. The van der Waals surface area contributed by atoms with Crippen LogP contribution in [0.4, 0.5) is 0 Å². The van der Waals surface area contributed by atoms with Gasteiger partial charge in [-0.3, -0.25) is 9.69 Å². The highest BCUT2D eigenvalue weighted by molar-refractivity contribution is 7.89. The van der Waals surface area contributed by atoms with Crippen molar-refractivity contribution >= 4 is 15.9 Å². The molecule has 1 saturated heterocycles. The van der Waals surface area contributed by atoms with Crippen molar-refractivity contribution in [1.29, 1.82) is 0 Å². The second-order valence-corrected chi connectivity index (χ2v) is 10.4. The number of piperidine rings is 1. The lowest BCUT2D eigenvalue weighted by molar-refractivity contribution is 0.0657. The molecule has 1 atom stereocenters. The summed E-state index contributed by atoms with van der Waals surface area (Å²) in [5.41, 5.74) is 0.298. The number of sulfonamides is 1. The molecule has 0 bridgehead atoms. The summed E-state index contributed by atoms with van der Waals surface area (Å²) in [5, 5.41) is 3.00. The second kappa shape index (κ2) is 9.32. The Labute approximate surface area is 178 Å². The van der Waals surface area contributed by atoms with Gasteiger partial charge >= 0.3 is 0 Å². The summed E-state index contributed by atoms with van der Waals surface area (Å²) in [7, 11) is -3.68. The van der Waals surface area contributed by atoms with Gasteiger partial charge < -0.3 is 9.73 Å². The Hall–Kier alpha value is -2.16. The number of amides is 1. The van der Waals surface area contributed by atoms with Crippen LogP contribution in [0.2, 0.25) is 0 Å². The summed E-state index contributed by atoms with van der Waals surface area (Å²) in [6.45, 7) is 9.24. The molecule has 0 aliphatic carbocycles. The summed E-state index contributed by atoms with van der Waals surface area (Å²) in [6, 6.07) is 9.35. The number of hydrogen-bond donors (Lipinski definition) is 2. The predicted octanol–water partition coefficient (Wildman–Crippen LogP) is 3.00. The van der Waals surface area contributed by atoms with Gasteiger partial charge in [-0.05, 0) is 75.5 Å². The van der Waals surface area contributed by atoms with E-state index in [9.17, 15) is 13.2 Å². The highest BCUT2D eigenvalue weighted by Gasteiger charge is 2.30. The maximum Gasteiger partial charge on any atom is 0.251 e. The minimum Gasteiger partial charge on any atom is -0.468 e. The summed E-state index contributed by atoms with van der Waals surface area (Å²) >= 11 is 0. The zero-order valence-corrected chi connectivity index (χ0v) is 18.7. The van der Waals surface area contributed by atoms with Gasteiger partial charge in [-0.2, -0.15) is 0 Å². The molecule has 1 fully saturated rings. The first-order valence-corrected chi connectivity index (χ1v) is 11.8. The first kappa shape index (κ1) is 22.5. The Balaban J connectivity index is 1.56. The van der Waals surface area contributed by atoms with Crippen LogP contribution in [-0.4, -0.2) is 44.4 Å². The fourth-order valence-electron chi connectivity index (χ4n) is 3.70. The minimum atomic E-state index is -3.68. The van der Waals surface area contributed by atoms with E-state index >= 15 is 0 Å². The fourth-order valence-corrected chi connectivity index (χ4v) is 4.69. The number of rotatable bonds is 8. The summed E-state index contributed by atoms with van der Waals surface area (Å²) in [6.07, 6.45) is 3.93. The molecule has 1 amide bonds. The third kappa shape index (κ3) is 5.71. The van der Waals surface area contributed by atoms with Gasteiger partial charge in [0.1, 0.15) is 5.76 Å². The Morgan fingerprint density at radius 1 is 1.23 bits per heavy atom. The number of nitrogens with zero attached hydrogens (tertiary/aromatic N) is 1. The number of likely N-dealkylation sites (tertiary alicyclic amines) is 1. The molecule has 2 heterocycles. The zero-order valence-electron chi connectivity index (χ0n) is 17.8. The van der Waals surface area contributed by atoms with E-state index < -0.39 is 10.0 Å². The van der Waals surface area contributed by atoms with Crippen LogP contribution in [0.25, 0.3) is 0 Å². The Bertz CT molecular complexity index is 937. The van der Waals surface area contributed by atoms with Gasteiger partial charge in [0.15, 0.2) is 0 Å². The van der Waals surface area contributed by atoms with Crippen LogP contribution < -0.4 is 10.0 Å². The second-order valence-electron chi connectivity index (χ2n) is 8.62. The zero-order chi connectivity index (χ0) is 21.8. The number of benzene rings is 1. The van der Waals surface area contributed by atoms with E-state index in [0.29, 0.717) is 23.8 Å². The van der Waals surface area contributed by atoms with Crippen molar-refractivity contribution in [2.75, 3.05) is 19.6 Å². The first-order valence-electron chi connectivity index (χ1n) is 10.3. The van der Waals surface area contributed by atoms with E-state index in [1.165, 1.54) is 43.4 Å². The van der Waals surface area contributed by atoms with Crippen LogP contribution in [-0.2, 0) is 16.6 Å². The van der Waals surface area contributed by atoms with Gasteiger partial charge in [0.05, 0.1) is 17.7 Å². The Morgan fingerprint density at radius 2 is 1.97 bits per heavy atom. The quantitative estimate of drug-likeness (QED) is 0.668. The average Bonchev–Trinajstić information content (AvgIpc) is 3.24. The lowest BCUT2D eigenvalue weighted by Gasteiger charge is -2.43. The van der Waals surface area contributed by atoms with Gasteiger partial charge in [0.2, 0.25) is 10.0 Å². The molecule has 3 rings (SSSR count). The normalized spacial score (nSPS) is 18.3. The molecule has 2 N–H and O–H groups in total. The summed E-state index contributed by atoms with van der Waals surface area (Å²) < 4.78 is 32.4. The molecular weight excluding hydrogens is 402 g/mol. The van der Waals surface area contributed by atoms with Crippen LogP contribution >= 0.6 is 0 Å². The number of furan rings is 1. The van der Waals surface area contributed by atoms with Crippen LogP contribution in [0.3, 0.4) is 0 Å². The molecular formula is C22H31N3O4S. The van der Waals surface area contributed by atoms with Crippen molar-refractivity contribution in [3.05, 3.63) is 54.0 Å². The SMILES string of the molecule is CC1CCCN(C(C)(C)CNC(=O)c2ccc(S(=O)(=O)NCc3ccco3)cc2)C1. The van der Waals surface area contributed by atoms with Crippen molar-refractivity contribution in [1.82, 2.24) is 14.9 Å². The molecule has 7 nitrogen and oxygen atoms in total. The third-order valence-corrected chi connectivity index (χ3v) is 7.06. The van der Waals surface area contributed by atoms with E-state index in [1.807, 2.05) is 0 Å². The van der Waals surface area contributed by atoms with Gasteiger partial charge in [-0.15, -0.1) is 0 Å². The Kier molecular flexibility index (Phi) is 7.00. The fraction of sp³-hybridized carbons (Fsp3) is 0.500. The Morgan fingerprint density at radius 3 is 2.60 bits per heavy atom. The molecule has 1 aliphatic rings. The van der Waals surface area contributed by atoms with E-state index in [4.69, 9.17) is 4.42 Å². The molecule has 164 valence electrons. The number of carbonyl (C=O) groups excluding carboxylic acids is 1. The van der Waals surface area contributed by atoms with Crippen LogP contribution in [0.15, 0.2) is 52.0 Å². The molecule has 0 spiro atoms. The molecule has 1 aromatic heterocycles. The average molecular weight is 434 g/mol. The predicted molar refractivity (Wildman–Crippen MR) is 116 cm³/mol. The lowest BCUT2D eigenvalue weighted by atomic mass is 9.93. The maximum absolute atomic E-state index is 12.6. The standard InChI is InChI=1S/C22H31N3O4S/c1-17-6-4-12-25(15-17)22(2,3)16-23-21(26)18-8-10-20(11-9-18)30(27,28)24-14-19-7-5-13-29-19/h5,7-11,13,17,24H,4,6,12,14-16H2,1-3H3,(H,23,26). The van der Waals surface area contributed by atoms with Crippen LogP contribution in [0.5, 0.6) is 0 Å². The topological polar surface area (TPSA) is 91.7 Å². The molecule has 2 aromatic rings. The highest BCUT2D eigenvalue weighted by atomic mass is 32.2. The maximum atomic E-state index is 12.6. The smallest absolute Gasteiger partial charge is 0.251 e. The largest absolute Gasteiger partial charge is 0.468 e. The van der Waals surface area contributed by atoms with Gasteiger partial charge in [-0.25, -0.2) is 13.1 Å². The molecule has 1 aromatic carbocycles. The van der Waals surface area contributed by atoms with E-state index in [2.05, 4.69) is 35.7 Å². The molecule has 0 radical (unpaired) electrons. The summed E-state index contributed by atoms with van der Waals surface area (Å²) in [5.74, 6) is 0.991.